The Kier molecular flexibility index (Phi) is 17.8. The summed E-state index contributed by atoms with van der Waals surface area (Å²) in [6.07, 6.45) is 0.359. The van der Waals surface area contributed by atoms with Gasteiger partial charge in [-0.15, -0.1) is 0 Å². The quantitative estimate of drug-likeness (QED) is 0.137. The van der Waals surface area contributed by atoms with E-state index in [-0.39, 0.29) is 51.0 Å². The lowest BCUT2D eigenvalue weighted by Crippen LogP contribution is -2.50. The number of carbonyl (C=O) groups excluding carboxylic acids is 2. The molecule has 1 fully saturated rings. The molecule has 0 bridgehead atoms. The minimum Gasteiger partial charge on any atom is -0.480 e. The van der Waals surface area contributed by atoms with Gasteiger partial charge in [-0.1, -0.05) is 0 Å². The maximum absolute atomic E-state index is 12.5. The van der Waals surface area contributed by atoms with Crippen LogP contribution in [0, 0.1) is 0 Å². The van der Waals surface area contributed by atoms with Crippen molar-refractivity contribution in [1.82, 2.24) is 24.9 Å². The van der Waals surface area contributed by atoms with Gasteiger partial charge in [0.25, 0.3) is 0 Å². The molecule has 0 unspecified atom stereocenters. The first kappa shape index (κ1) is 34.3. The summed E-state index contributed by atoms with van der Waals surface area (Å²) < 4.78 is 10.7. The first-order valence-corrected chi connectivity index (χ1v) is 13.0. The van der Waals surface area contributed by atoms with Gasteiger partial charge in [-0.2, -0.15) is 0 Å². The number of amides is 1. The Labute approximate surface area is 228 Å². The van der Waals surface area contributed by atoms with Gasteiger partial charge in [0.1, 0.15) is 5.78 Å². The van der Waals surface area contributed by atoms with Crippen molar-refractivity contribution in [2.45, 2.75) is 13.3 Å². The summed E-state index contributed by atoms with van der Waals surface area (Å²) in [6.45, 7) is 5.14. The van der Waals surface area contributed by atoms with Crippen LogP contribution in [0.4, 0.5) is 0 Å². The van der Waals surface area contributed by atoms with Crippen molar-refractivity contribution in [2.24, 2.45) is 0 Å². The van der Waals surface area contributed by atoms with Crippen LogP contribution in [0.2, 0.25) is 0 Å². The molecule has 0 saturated carbocycles. The van der Waals surface area contributed by atoms with Gasteiger partial charge in [0.05, 0.1) is 52.6 Å². The van der Waals surface area contributed by atoms with Crippen LogP contribution in [0.3, 0.4) is 0 Å². The third-order valence-electron chi connectivity index (χ3n) is 5.91. The van der Waals surface area contributed by atoms with E-state index in [0.29, 0.717) is 78.6 Å². The zero-order valence-corrected chi connectivity index (χ0v) is 22.7. The van der Waals surface area contributed by atoms with Gasteiger partial charge < -0.3 is 30.1 Å². The maximum atomic E-state index is 12.5. The lowest BCUT2D eigenvalue weighted by Gasteiger charge is -2.32. The molecule has 4 N–H and O–H groups in total. The molecular weight excluding hydrogens is 518 g/mol. The number of carbonyl (C=O) groups is 5. The molecule has 15 nitrogen and oxygen atoms in total. The molecule has 1 aliphatic heterocycles. The topological polar surface area (TPSA) is 189 Å². The van der Waals surface area contributed by atoms with Crippen LogP contribution in [0.1, 0.15) is 13.3 Å². The number of ether oxygens (including phenoxy) is 2. The summed E-state index contributed by atoms with van der Waals surface area (Å²) in [7, 11) is 0. The Balaban J connectivity index is 2.63. The van der Waals surface area contributed by atoms with Gasteiger partial charge in [-0.05, 0) is 6.92 Å². The van der Waals surface area contributed by atoms with Crippen molar-refractivity contribution in [3.63, 3.8) is 0 Å². The second-order valence-electron chi connectivity index (χ2n) is 9.31. The highest BCUT2D eigenvalue weighted by molar-refractivity contribution is 5.78. The summed E-state index contributed by atoms with van der Waals surface area (Å²) in [4.78, 5) is 64.3. The predicted octanol–water partition coefficient (Wildman–Crippen LogP) is -2.41. The fourth-order valence-corrected chi connectivity index (χ4v) is 3.84. The Bertz CT molecular complexity index is 752. The maximum Gasteiger partial charge on any atom is 0.317 e. The molecule has 1 saturated heterocycles. The molecule has 1 rings (SSSR count). The van der Waals surface area contributed by atoms with Crippen LogP contribution in [-0.4, -0.2) is 176 Å². The van der Waals surface area contributed by atoms with Gasteiger partial charge in [0.2, 0.25) is 5.91 Å². The number of aliphatic carboxylic acids is 3. The van der Waals surface area contributed by atoms with Gasteiger partial charge in [0, 0.05) is 65.3 Å². The lowest BCUT2D eigenvalue weighted by atomic mass is 10.3. The molecule has 15 heteroatoms. The van der Waals surface area contributed by atoms with E-state index in [1.807, 2.05) is 4.90 Å². The van der Waals surface area contributed by atoms with Crippen molar-refractivity contribution in [3.05, 3.63) is 0 Å². The summed E-state index contributed by atoms with van der Waals surface area (Å²) >= 11 is 0. The largest absolute Gasteiger partial charge is 0.480 e. The summed E-state index contributed by atoms with van der Waals surface area (Å²) in [5.41, 5.74) is 0. The number of rotatable bonds is 17. The number of carboxylic acids is 3. The van der Waals surface area contributed by atoms with E-state index in [0.717, 1.165) is 0 Å². The number of ketones is 1. The Morgan fingerprint density at radius 3 is 1.31 bits per heavy atom. The molecule has 0 aromatic carbocycles. The molecule has 0 aromatic rings. The van der Waals surface area contributed by atoms with Crippen LogP contribution in [0.15, 0.2) is 0 Å². The molecule has 39 heavy (non-hydrogen) atoms. The van der Waals surface area contributed by atoms with Crippen LogP contribution < -0.4 is 5.32 Å². The van der Waals surface area contributed by atoms with Gasteiger partial charge in [0.15, 0.2) is 0 Å². The van der Waals surface area contributed by atoms with Crippen molar-refractivity contribution in [3.8, 4) is 0 Å². The predicted molar refractivity (Wildman–Crippen MR) is 139 cm³/mol. The van der Waals surface area contributed by atoms with Crippen LogP contribution in [-0.2, 0) is 33.4 Å². The van der Waals surface area contributed by atoms with Crippen LogP contribution in [0.25, 0.3) is 0 Å². The zero-order chi connectivity index (χ0) is 29.0. The van der Waals surface area contributed by atoms with E-state index in [2.05, 4.69) is 5.32 Å². The fraction of sp³-hybridized carbons (Fsp3) is 0.792. The van der Waals surface area contributed by atoms with Gasteiger partial charge >= 0.3 is 17.9 Å². The molecule has 0 spiro atoms. The molecule has 1 amide bonds. The standard InChI is InChI=1S/C24H43N5O10/c1-20(30)2-12-38-14-15-39-13-3-25-21(31)16-26-4-6-27(17-22(32)33)8-10-29(19-24(36)37)11-9-28(7-5-26)18-23(34)35/h2-19H2,1H3,(H,25,31)(H,32,33)(H,34,35)(H,36,37). The minimum atomic E-state index is -1.02. The second kappa shape index (κ2) is 20.2. The molecule has 0 atom stereocenters. The molecule has 0 aliphatic carbocycles. The highest BCUT2D eigenvalue weighted by Gasteiger charge is 2.21. The van der Waals surface area contributed by atoms with Crippen molar-refractivity contribution < 1.29 is 48.8 Å². The van der Waals surface area contributed by atoms with Crippen molar-refractivity contribution >= 4 is 29.6 Å². The Morgan fingerprint density at radius 1 is 0.590 bits per heavy atom. The van der Waals surface area contributed by atoms with E-state index in [9.17, 15) is 39.3 Å². The third kappa shape index (κ3) is 19.1. The third-order valence-corrected chi connectivity index (χ3v) is 5.91. The van der Waals surface area contributed by atoms with E-state index in [1.165, 1.54) is 6.92 Å². The monoisotopic (exact) mass is 561 g/mol. The smallest absolute Gasteiger partial charge is 0.317 e. The number of hydrogen-bond donors (Lipinski definition) is 4. The number of Topliss-reactive ketones (excluding diaryl/α,β-unsaturated/α-hetero) is 1. The van der Waals surface area contributed by atoms with Crippen molar-refractivity contribution in [1.29, 1.82) is 0 Å². The van der Waals surface area contributed by atoms with Crippen LogP contribution in [0.5, 0.6) is 0 Å². The number of nitrogens with zero attached hydrogens (tertiary/aromatic N) is 4. The summed E-state index contributed by atoms with van der Waals surface area (Å²) in [5.74, 6) is -3.22. The molecule has 1 aliphatic rings. The molecule has 224 valence electrons. The molecule has 1 heterocycles. The average molecular weight is 562 g/mol. The summed E-state index contributed by atoms with van der Waals surface area (Å²) in [6, 6.07) is 0. The summed E-state index contributed by atoms with van der Waals surface area (Å²) in [5, 5.41) is 30.6. The molecular formula is C24H43N5O10. The molecule has 0 radical (unpaired) electrons. The number of carboxylic acid groups (broad SMARTS) is 3. The second-order valence-corrected chi connectivity index (χ2v) is 9.31. The molecule has 0 aromatic heterocycles. The number of hydrogen-bond acceptors (Lipinski definition) is 11. The SMILES string of the molecule is CC(=O)CCOCCOCCNC(=O)CN1CCN(CC(=O)O)CCN(CC(=O)O)CCN(CC(=O)O)CC1. The average Bonchev–Trinajstić information content (AvgIpc) is 2.83. The highest BCUT2D eigenvalue weighted by atomic mass is 16.5. The first-order valence-electron chi connectivity index (χ1n) is 13.0. The van der Waals surface area contributed by atoms with E-state index >= 15 is 0 Å². The zero-order valence-electron chi connectivity index (χ0n) is 22.7. The number of nitrogens with one attached hydrogen (secondary N) is 1. The Hall–Kier alpha value is -2.69. The fourth-order valence-electron chi connectivity index (χ4n) is 3.84. The minimum absolute atomic E-state index is 0.0428. The van der Waals surface area contributed by atoms with E-state index < -0.39 is 17.9 Å². The van der Waals surface area contributed by atoms with Gasteiger partial charge in [-0.3, -0.25) is 43.6 Å². The van der Waals surface area contributed by atoms with Gasteiger partial charge in [-0.25, -0.2) is 0 Å². The van der Waals surface area contributed by atoms with E-state index in [1.54, 1.807) is 14.7 Å². The van der Waals surface area contributed by atoms with Crippen LogP contribution >= 0.6 is 0 Å². The first-order chi connectivity index (χ1) is 18.5. The Morgan fingerprint density at radius 2 is 0.949 bits per heavy atom. The normalized spacial score (nSPS) is 17.2. The highest BCUT2D eigenvalue weighted by Crippen LogP contribution is 2.01. The lowest BCUT2D eigenvalue weighted by molar-refractivity contribution is -0.140. The van der Waals surface area contributed by atoms with E-state index in [4.69, 9.17) is 9.47 Å². The van der Waals surface area contributed by atoms with Crippen molar-refractivity contribution in [2.75, 3.05) is 112 Å².